The number of phenols is 1. The fourth-order valence-electron chi connectivity index (χ4n) is 2.17. The number of aromatic hydroxyl groups is 1. The van der Waals surface area contributed by atoms with Gasteiger partial charge in [0.25, 0.3) is 5.91 Å². The molecule has 0 unspecified atom stereocenters. The molecule has 0 atom stereocenters. The van der Waals surface area contributed by atoms with E-state index in [-0.39, 0.29) is 22.9 Å². The molecule has 1 aromatic carbocycles. The number of nitrogen functional groups attached to an aromatic ring is 1. The molecule has 2 rings (SSSR count). The zero-order chi connectivity index (χ0) is 12.5. The molecular weight excluding hydrogens is 216 g/mol. The van der Waals surface area contributed by atoms with Crippen LogP contribution in [0.1, 0.15) is 43.0 Å². The average Bonchev–Trinajstić information content (AvgIpc) is 2.27. The summed E-state index contributed by atoms with van der Waals surface area (Å²) in [5.74, 6) is -0.182. The highest BCUT2D eigenvalue weighted by Gasteiger charge is 2.36. The molecule has 1 aliphatic carbocycles. The second kappa shape index (κ2) is 4.28. The molecule has 17 heavy (non-hydrogen) atoms. The first kappa shape index (κ1) is 11.8. The van der Waals surface area contributed by atoms with Crippen LogP contribution in [0.15, 0.2) is 18.2 Å². The lowest BCUT2D eigenvalue weighted by Gasteiger charge is -2.42. The van der Waals surface area contributed by atoms with Crippen molar-refractivity contribution < 1.29 is 9.90 Å². The predicted molar refractivity (Wildman–Crippen MR) is 66.9 cm³/mol. The quantitative estimate of drug-likeness (QED) is 0.553. The monoisotopic (exact) mass is 234 g/mol. The summed E-state index contributed by atoms with van der Waals surface area (Å²) in [5, 5.41) is 12.5. The fourth-order valence-corrected chi connectivity index (χ4v) is 2.17. The lowest BCUT2D eigenvalue weighted by atomic mass is 9.74. The molecule has 0 radical (unpaired) electrons. The van der Waals surface area contributed by atoms with Crippen LogP contribution in [0.2, 0.25) is 0 Å². The van der Waals surface area contributed by atoms with Crippen molar-refractivity contribution in [3.05, 3.63) is 23.8 Å². The van der Waals surface area contributed by atoms with E-state index in [2.05, 4.69) is 12.2 Å². The van der Waals surface area contributed by atoms with Crippen LogP contribution in [0.5, 0.6) is 5.75 Å². The summed E-state index contributed by atoms with van der Waals surface area (Å²) in [7, 11) is 0. The average molecular weight is 234 g/mol. The summed E-state index contributed by atoms with van der Waals surface area (Å²) < 4.78 is 0. The van der Waals surface area contributed by atoms with Crippen molar-refractivity contribution in [3.63, 3.8) is 0 Å². The van der Waals surface area contributed by atoms with Gasteiger partial charge in [0.2, 0.25) is 0 Å². The summed E-state index contributed by atoms with van der Waals surface area (Å²) in [6.45, 7) is 2.08. The standard InChI is InChI=1S/C13H18N2O2/c1-2-13(6-3-7-13)15-12(17)9-4-5-10(14)11(16)8-9/h4-5,8,16H,2-3,6-7,14H2,1H3,(H,15,17). The van der Waals surface area contributed by atoms with Gasteiger partial charge in [0.15, 0.2) is 0 Å². The molecule has 0 aliphatic heterocycles. The normalized spacial score (nSPS) is 17.2. The second-order valence-electron chi connectivity index (χ2n) is 4.72. The fraction of sp³-hybridized carbons (Fsp3) is 0.462. The number of nitrogens with one attached hydrogen (secondary N) is 1. The van der Waals surface area contributed by atoms with Crippen LogP contribution in [0, 0.1) is 0 Å². The van der Waals surface area contributed by atoms with Gasteiger partial charge in [-0.3, -0.25) is 4.79 Å². The maximum atomic E-state index is 12.0. The van der Waals surface area contributed by atoms with Crippen LogP contribution >= 0.6 is 0 Å². The first-order valence-electron chi connectivity index (χ1n) is 5.97. The van der Waals surface area contributed by atoms with E-state index in [1.165, 1.54) is 12.5 Å². The number of amides is 1. The van der Waals surface area contributed by atoms with E-state index >= 15 is 0 Å². The number of nitrogens with two attached hydrogens (primary N) is 1. The molecule has 1 aromatic rings. The molecule has 0 spiro atoms. The number of anilines is 1. The zero-order valence-corrected chi connectivity index (χ0v) is 9.99. The van der Waals surface area contributed by atoms with Crippen molar-refractivity contribution in [2.75, 3.05) is 5.73 Å². The van der Waals surface area contributed by atoms with Crippen molar-refractivity contribution in [2.45, 2.75) is 38.1 Å². The summed E-state index contributed by atoms with van der Waals surface area (Å²) >= 11 is 0. The van der Waals surface area contributed by atoms with E-state index in [1.54, 1.807) is 12.1 Å². The molecule has 92 valence electrons. The topological polar surface area (TPSA) is 75.4 Å². The predicted octanol–water partition coefficient (Wildman–Crippen LogP) is 2.04. The Kier molecular flexibility index (Phi) is 2.96. The van der Waals surface area contributed by atoms with Crippen molar-refractivity contribution in [3.8, 4) is 5.75 Å². The van der Waals surface area contributed by atoms with Crippen molar-refractivity contribution in [1.82, 2.24) is 5.32 Å². The Morgan fingerprint density at radius 1 is 1.53 bits per heavy atom. The van der Waals surface area contributed by atoms with Gasteiger partial charge in [0.1, 0.15) is 5.75 Å². The molecule has 1 aliphatic rings. The van der Waals surface area contributed by atoms with Gasteiger partial charge >= 0.3 is 0 Å². The number of benzene rings is 1. The van der Waals surface area contributed by atoms with E-state index in [0.717, 1.165) is 19.3 Å². The van der Waals surface area contributed by atoms with Gasteiger partial charge in [-0.05, 0) is 43.9 Å². The molecular formula is C13H18N2O2. The van der Waals surface area contributed by atoms with Gasteiger partial charge in [0.05, 0.1) is 5.69 Å². The van der Waals surface area contributed by atoms with E-state index in [0.29, 0.717) is 5.56 Å². The van der Waals surface area contributed by atoms with Gasteiger partial charge < -0.3 is 16.2 Å². The Hall–Kier alpha value is -1.71. The minimum Gasteiger partial charge on any atom is -0.506 e. The molecule has 0 heterocycles. The molecule has 1 amide bonds. The molecule has 0 aromatic heterocycles. The van der Waals surface area contributed by atoms with Crippen molar-refractivity contribution in [1.29, 1.82) is 0 Å². The molecule has 4 nitrogen and oxygen atoms in total. The van der Waals surface area contributed by atoms with Crippen molar-refractivity contribution >= 4 is 11.6 Å². The third-order valence-corrected chi connectivity index (χ3v) is 3.66. The summed E-state index contributed by atoms with van der Waals surface area (Å²) in [5.41, 5.74) is 6.21. The highest BCUT2D eigenvalue weighted by atomic mass is 16.3. The number of phenolic OH excluding ortho intramolecular Hbond substituents is 1. The number of hydrogen-bond acceptors (Lipinski definition) is 3. The largest absolute Gasteiger partial charge is 0.506 e. The second-order valence-corrected chi connectivity index (χ2v) is 4.72. The highest BCUT2D eigenvalue weighted by molar-refractivity contribution is 5.95. The van der Waals surface area contributed by atoms with Gasteiger partial charge in [-0.15, -0.1) is 0 Å². The maximum Gasteiger partial charge on any atom is 0.251 e. The Morgan fingerprint density at radius 3 is 2.71 bits per heavy atom. The van der Waals surface area contributed by atoms with Crippen molar-refractivity contribution in [2.24, 2.45) is 0 Å². The molecule has 1 fully saturated rings. The first-order valence-corrected chi connectivity index (χ1v) is 5.97. The maximum absolute atomic E-state index is 12.0. The number of rotatable bonds is 3. The molecule has 1 saturated carbocycles. The third kappa shape index (κ3) is 2.20. The van der Waals surface area contributed by atoms with E-state index in [4.69, 9.17) is 5.73 Å². The molecule has 4 heteroatoms. The van der Waals surface area contributed by atoms with Crippen LogP contribution in [-0.4, -0.2) is 16.6 Å². The number of carbonyl (C=O) groups is 1. The highest BCUT2D eigenvalue weighted by Crippen LogP contribution is 2.35. The van der Waals surface area contributed by atoms with Crippen LogP contribution in [0.25, 0.3) is 0 Å². The van der Waals surface area contributed by atoms with Gasteiger partial charge in [-0.2, -0.15) is 0 Å². The minimum absolute atomic E-state index is 0.0336. The lowest BCUT2D eigenvalue weighted by Crippen LogP contribution is -2.52. The summed E-state index contributed by atoms with van der Waals surface area (Å²) in [4.78, 5) is 12.0. The summed E-state index contributed by atoms with van der Waals surface area (Å²) in [6.07, 6.45) is 4.19. The van der Waals surface area contributed by atoms with Crippen LogP contribution in [0.3, 0.4) is 0 Å². The van der Waals surface area contributed by atoms with E-state index < -0.39 is 0 Å². The zero-order valence-electron chi connectivity index (χ0n) is 9.99. The molecule has 4 N–H and O–H groups in total. The number of carbonyl (C=O) groups excluding carboxylic acids is 1. The number of hydrogen-bond donors (Lipinski definition) is 3. The van der Waals surface area contributed by atoms with Crippen LogP contribution in [-0.2, 0) is 0 Å². The SMILES string of the molecule is CCC1(NC(=O)c2ccc(N)c(O)c2)CCC1. The van der Waals surface area contributed by atoms with E-state index in [9.17, 15) is 9.90 Å². The third-order valence-electron chi connectivity index (χ3n) is 3.66. The Bertz CT molecular complexity index is 434. The molecule has 0 bridgehead atoms. The van der Waals surface area contributed by atoms with Crippen LogP contribution < -0.4 is 11.1 Å². The minimum atomic E-state index is -0.137. The lowest BCUT2D eigenvalue weighted by molar-refractivity contribution is 0.0820. The van der Waals surface area contributed by atoms with Gasteiger partial charge in [-0.1, -0.05) is 6.92 Å². The Morgan fingerprint density at radius 2 is 2.24 bits per heavy atom. The van der Waals surface area contributed by atoms with Gasteiger partial charge in [-0.25, -0.2) is 0 Å². The molecule has 0 saturated heterocycles. The first-order chi connectivity index (χ1) is 8.06. The Balaban J connectivity index is 2.11. The van der Waals surface area contributed by atoms with Gasteiger partial charge in [0, 0.05) is 11.1 Å². The van der Waals surface area contributed by atoms with E-state index in [1.807, 2.05) is 0 Å². The smallest absolute Gasteiger partial charge is 0.251 e. The van der Waals surface area contributed by atoms with Crippen LogP contribution in [0.4, 0.5) is 5.69 Å². The Labute approximate surface area is 101 Å². The summed E-state index contributed by atoms with van der Waals surface area (Å²) in [6, 6.07) is 4.59.